The van der Waals surface area contributed by atoms with Crippen LogP contribution in [0, 0.1) is 0 Å². The Bertz CT molecular complexity index is 1460. The summed E-state index contributed by atoms with van der Waals surface area (Å²) < 4.78 is 48.9. The van der Waals surface area contributed by atoms with Crippen molar-refractivity contribution in [2.75, 3.05) is 31.4 Å². The van der Waals surface area contributed by atoms with Crippen molar-refractivity contribution in [2.45, 2.75) is 6.18 Å². The molecule has 0 bridgehead atoms. The molecule has 0 spiro atoms. The number of anilines is 2. The Balaban J connectivity index is 1.92. The minimum Gasteiger partial charge on any atom is -0.436 e. The molecule has 3 N–H and O–H groups in total. The van der Waals surface area contributed by atoms with Crippen molar-refractivity contribution in [1.29, 1.82) is 0 Å². The zero-order valence-corrected chi connectivity index (χ0v) is 20.2. The second kappa shape index (κ2) is 10.1. The molecule has 0 fully saturated rings. The highest BCUT2D eigenvalue weighted by molar-refractivity contribution is 5.94. The molecule has 4 rings (SSSR count). The van der Waals surface area contributed by atoms with Gasteiger partial charge in [0.2, 0.25) is 17.7 Å². The molecule has 0 saturated heterocycles. The van der Waals surface area contributed by atoms with Crippen LogP contribution in [-0.4, -0.2) is 42.0 Å². The van der Waals surface area contributed by atoms with Crippen molar-refractivity contribution in [2.24, 2.45) is 5.73 Å². The fraction of sp³-hybridized carbons (Fsp3) is 0.154. The molecule has 4 aromatic rings. The predicted molar refractivity (Wildman–Crippen MR) is 135 cm³/mol. The Morgan fingerprint density at radius 2 is 1.78 bits per heavy atom. The maximum atomic E-state index is 14.3. The highest BCUT2D eigenvalue weighted by atomic mass is 19.4. The third-order valence-corrected chi connectivity index (χ3v) is 5.44. The van der Waals surface area contributed by atoms with Gasteiger partial charge in [-0.15, -0.1) is 0 Å². The molecule has 2 aromatic carbocycles. The molecule has 0 atom stereocenters. The van der Waals surface area contributed by atoms with Gasteiger partial charge in [0.1, 0.15) is 0 Å². The van der Waals surface area contributed by atoms with E-state index in [0.29, 0.717) is 22.8 Å². The lowest BCUT2D eigenvalue weighted by molar-refractivity contribution is -0.137. The zero-order valence-electron chi connectivity index (χ0n) is 20.2. The summed E-state index contributed by atoms with van der Waals surface area (Å²) in [6.45, 7) is 0. The van der Waals surface area contributed by atoms with Gasteiger partial charge in [-0.05, 0) is 53.6 Å². The second-order valence-electron chi connectivity index (χ2n) is 8.18. The van der Waals surface area contributed by atoms with Gasteiger partial charge in [0.05, 0.1) is 22.5 Å². The first-order valence-corrected chi connectivity index (χ1v) is 11.1. The van der Waals surface area contributed by atoms with Crippen LogP contribution in [0.1, 0.15) is 15.9 Å². The Kier molecular flexibility index (Phi) is 6.96. The first kappa shape index (κ1) is 25.4. The Labute approximate surface area is 211 Å². The molecule has 1 amide bonds. The smallest absolute Gasteiger partial charge is 0.418 e. The van der Waals surface area contributed by atoms with Gasteiger partial charge in [-0.3, -0.25) is 4.79 Å². The van der Waals surface area contributed by atoms with Crippen LogP contribution in [0.5, 0.6) is 11.6 Å². The number of halogens is 3. The van der Waals surface area contributed by atoms with Crippen LogP contribution in [0.3, 0.4) is 0 Å². The van der Waals surface area contributed by atoms with Gasteiger partial charge in [0, 0.05) is 39.1 Å². The number of ether oxygens (including phenoxy) is 1. The van der Waals surface area contributed by atoms with Crippen molar-refractivity contribution in [1.82, 2.24) is 15.0 Å². The van der Waals surface area contributed by atoms with Crippen LogP contribution in [0.2, 0.25) is 0 Å². The van der Waals surface area contributed by atoms with E-state index in [9.17, 15) is 18.0 Å². The summed E-state index contributed by atoms with van der Waals surface area (Å²) in [5.41, 5.74) is 5.93. The van der Waals surface area contributed by atoms with E-state index < -0.39 is 17.6 Å². The number of rotatable bonds is 7. The van der Waals surface area contributed by atoms with Gasteiger partial charge < -0.3 is 20.7 Å². The largest absolute Gasteiger partial charge is 0.436 e. The molecule has 0 saturated carbocycles. The number of nitrogens with one attached hydrogen (secondary N) is 1. The summed E-state index contributed by atoms with van der Waals surface area (Å²) in [5, 5.41) is 2.84. The molecule has 0 aliphatic carbocycles. The Morgan fingerprint density at radius 1 is 1.00 bits per heavy atom. The van der Waals surface area contributed by atoms with Gasteiger partial charge in [-0.2, -0.15) is 13.2 Å². The molecular formula is C26H23F3N6O2. The molecule has 0 unspecified atom stereocenters. The summed E-state index contributed by atoms with van der Waals surface area (Å²) in [4.78, 5) is 25.8. The summed E-state index contributed by atoms with van der Waals surface area (Å²) in [5.74, 6) is -0.357. The van der Waals surface area contributed by atoms with E-state index in [-0.39, 0.29) is 28.4 Å². The van der Waals surface area contributed by atoms with Crippen LogP contribution in [0.25, 0.3) is 22.4 Å². The minimum atomic E-state index is -4.70. The second-order valence-corrected chi connectivity index (χ2v) is 8.18. The molecule has 190 valence electrons. The first-order valence-electron chi connectivity index (χ1n) is 11.1. The number of primary amides is 1. The lowest BCUT2D eigenvalue weighted by Crippen LogP contribution is -2.18. The number of nitrogens with zero attached hydrogens (tertiary/aromatic N) is 4. The van der Waals surface area contributed by atoms with E-state index in [1.54, 1.807) is 43.6 Å². The number of amides is 1. The number of nitrogens with two attached hydrogens (primary N) is 1. The topological polar surface area (TPSA) is 106 Å². The van der Waals surface area contributed by atoms with E-state index in [1.807, 2.05) is 0 Å². The maximum absolute atomic E-state index is 14.3. The van der Waals surface area contributed by atoms with E-state index >= 15 is 0 Å². The highest BCUT2D eigenvalue weighted by Gasteiger charge is 2.37. The predicted octanol–water partition coefficient (Wildman–Crippen LogP) is 5.22. The van der Waals surface area contributed by atoms with Gasteiger partial charge in [-0.25, -0.2) is 15.0 Å². The van der Waals surface area contributed by atoms with E-state index in [0.717, 1.165) is 6.07 Å². The SMILES string of the molecule is CNc1nccc(-c2cccnc2Oc2cc(-c3cccc(C(N)=O)c3)cc(C(F)(F)F)c2N(C)C)n1. The summed E-state index contributed by atoms with van der Waals surface area (Å²) in [6, 6.07) is 13.6. The van der Waals surface area contributed by atoms with E-state index in [2.05, 4.69) is 20.3 Å². The number of hydrogen-bond donors (Lipinski definition) is 2. The van der Waals surface area contributed by atoms with Crippen molar-refractivity contribution >= 4 is 17.5 Å². The van der Waals surface area contributed by atoms with E-state index in [4.69, 9.17) is 10.5 Å². The number of hydrogen-bond acceptors (Lipinski definition) is 7. The fourth-order valence-corrected chi connectivity index (χ4v) is 3.78. The van der Waals surface area contributed by atoms with Gasteiger partial charge in [0.25, 0.3) is 0 Å². The molecule has 11 heteroatoms. The number of carbonyl (C=O) groups is 1. The summed E-state index contributed by atoms with van der Waals surface area (Å²) in [7, 11) is 4.65. The molecule has 0 radical (unpaired) electrons. The number of pyridine rings is 1. The molecule has 8 nitrogen and oxygen atoms in total. The van der Waals surface area contributed by atoms with E-state index in [1.165, 1.54) is 43.4 Å². The lowest BCUT2D eigenvalue weighted by atomic mass is 9.98. The molecule has 2 aromatic heterocycles. The van der Waals surface area contributed by atoms with Gasteiger partial charge >= 0.3 is 6.18 Å². The third kappa shape index (κ3) is 5.45. The van der Waals surface area contributed by atoms with Crippen LogP contribution in [0.4, 0.5) is 24.8 Å². The highest BCUT2D eigenvalue weighted by Crippen LogP contribution is 2.46. The van der Waals surface area contributed by atoms with Crippen molar-refractivity contribution in [3.8, 4) is 34.0 Å². The minimum absolute atomic E-state index is 0.0579. The zero-order chi connectivity index (χ0) is 26.7. The molecule has 0 aliphatic rings. The molecule has 2 heterocycles. The van der Waals surface area contributed by atoms with Crippen molar-refractivity contribution < 1.29 is 22.7 Å². The molecule has 0 aliphatic heterocycles. The van der Waals surface area contributed by atoms with Gasteiger partial charge in [0.15, 0.2) is 5.75 Å². The number of carbonyl (C=O) groups excluding carboxylic acids is 1. The number of alkyl halides is 3. The van der Waals surface area contributed by atoms with Crippen molar-refractivity contribution in [3.63, 3.8) is 0 Å². The average Bonchev–Trinajstić information content (AvgIpc) is 2.88. The van der Waals surface area contributed by atoms with Crippen LogP contribution in [-0.2, 0) is 6.18 Å². The monoisotopic (exact) mass is 508 g/mol. The quantitative estimate of drug-likeness (QED) is 0.352. The summed E-state index contributed by atoms with van der Waals surface area (Å²) in [6.07, 6.45) is -1.68. The summed E-state index contributed by atoms with van der Waals surface area (Å²) >= 11 is 0. The fourth-order valence-electron chi connectivity index (χ4n) is 3.78. The van der Waals surface area contributed by atoms with Crippen LogP contribution >= 0.6 is 0 Å². The Hall–Kier alpha value is -4.67. The maximum Gasteiger partial charge on any atom is 0.418 e. The molecular weight excluding hydrogens is 485 g/mol. The average molecular weight is 509 g/mol. The molecule has 37 heavy (non-hydrogen) atoms. The standard InChI is InChI=1S/C26H23F3N6O2/c1-31-25-33-11-9-20(34-25)18-8-5-10-32-24(18)37-21-14-17(15-6-4-7-16(12-15)23(30)36)13-19(26(27,28)29)22(21)35(2)3/h4-14H,1-3H3,(H2,30,36)(H,31,33,34). The number of benzene rings is 2. The van der Waals surface area contributed by atoms with Crippen molar-refractivity contribution in [3.05, 3.63) is 78.1 Å². The number of aromatic nitrogens is 3. The normalized spacial score (nSPS) is 11.2. The first-order chi connectivity index (χ1) is 17.6. The van der Waals surface area contributed by atoms with Gasteiger partial charge in [-0.1, -0.05) is 12.1 Å². The van der Waals surface area contributed by atoms with Crippen LogP contribution < -0.4 is 20.7 Å². The van der Waals surface area contributed by atoms with Crippen LogP contribution in [0.15, 0.2) is 67.0 Å². The Morgan fingerprint density at radius 3 is 2.46 bits per heavy atom. The third-order valence-electron chi connectivity index (χ3n) is 5.44. The lowest BCUT2D eigenvalue weighted by Gasteiger charge is -2.24.